The zero-order valence-electron chi connectivity index (χ0n) is 9.50. The van der Waals surface area contributed by atoms with Crippen LogP contribution in [0.3, 0.4) is 0 Å². The molecule has 0 saturated heterocycles. The number of rotatable bonds is 6. The monoisotopic (exact) mass is 270 g/mol. The summed E-state index contributed by atoms with van der Waals surface area (Å²) in [5.41, 5.74) is 1.30. The van der Waals surface area contributed by atoms with Crippen LogP contribution in [0.25, 0.3) is 0 Å². The maximum absolute atomic E-state index is 5.78. The number of ether oxygens (including phenoxy) is 1. The van der Waals surface area contributed by atoms with Gasteiger partial charge in [-0.05, 0) is 30.4 Å². The van der Waals surface area contributed by atoms with Gasteiger partial charge in [-0.25, -0.2) is 0 Å². The number of hydrogen-bond acceptors (Lipinski definition) is 1. The van der Waals surface area contributed by atoms with Crippen LogP contribution in [-0.2, 0) is 0 Å². The number of benzene rings is 1. The van der Waals surface area contributed by atoms with E-state index in [0.717, 1.165) is 24.1 Å². The van der Waals surface area contributed by atoms with E-state index in [0.29, 0.717) is 5.92 Å². The highest BCUT2D eigenvalue weighted by Gasteiger charge is 2.05. The molecule has 2 heteroatoms. The predicted molar refractivity (Wildman–Crippen MR) is 69.1 cm³/mol. The Bertz CT molecular complexity index is 284. The fraction of sp³-hybridized carbons (Fsp3) is 0.538. The van der Waals surface area contributed by atoms with Gasteiger partial charge in [0.1, 0.15) is 5.75 Å². The van der Waals surface area contributed by atoms with Gasteiger partial charge in [-0.3, -0.25) is 0 Å². The molecule has 0 bridgehead atoms. The quantitative estimate of drug-likeness (QED) is 0.551. The summed E-state index contributed by atoms with van der Waals surface area (Å²) >= 11 is 3.42. The first-order valence-corrected chi connectivity index (χ1v) is 6.65. The first-order valence-electron chi connectivity index (χ1n) is 5.53. The maximum atomic E-state index is 5.78. The minimum atomic E-state index is 0.525. The fourth-order valence-corrected chi connectivity index (χ4v) is 1.86. The van der Waals surface area contributed by atoms with E-state index in [-0.39, 0.29) is 0 Å². The Morgan fingerprint density at radius 3 is 2.60 bits per heavy atom. The molecule has 1 rings (SSSR count). The third-order valence-electron chi connectivity index (χ3n) is 2.33. The summed E-state index contributed by atoms with van der Waals surface area (Å²) in [6, 6.07) is 8.31. The van der Waals surface area contributed by atoms with Crippen molar-refractivity contribution in [2.24, 2.45) is 0 Å². The number of halogens is 1. The molecule has 1 nitrogen and oxygen atoms in total. The van der Waals surface area contributed by atoms with Crippen LogP contribution in [0.1, 0.15) is 38.2 Å². The lowest BCUT2D eigenvalue weighted by Gasteiger charge is -2.13. The average molecular weight is 271 g/mol. The number of para-hydroxylation sites is 1. The van der Waals surface area contributed by atoms with E-state index < -0.39 is 0 Å². The molecule has 0 radical (unpaired) electrons. The Labute approximate surface area is 101 Å². The number of hydrogen-bond donors (Lipinski definition) is 0. The van der Waals surface area contributed by atoms with Crippen molar-refractivity contribution in [3.8, 4) is 5.75 Å². The summed E-state index contributed by atoms with van der Waals surface area (Å²) in [6.45, 7) is 5.21. The molecule has 0 amide bonds. The highest BCUT2D eigenvalue weighted by Crippen LogP contribution is 2.25. The molecule has 0 aliphatic rings. The van der Waals surface area contributed by atoms with Crippen molar-refractivity contribution >= 4 is 15.9 Å². The first kappa shape index (κ1) is 12.6. The largest absolute Gasteiger partial charge is 0.493 e. The Morgan fingerprint density at radius 1 is 1.20 bits per heavy atom. The van der Waals surface area contributed by atoms with Crippen molar-refractivity contribution in [3.05, 3.63) is 29.8 Å². The Balaban J connectivity index is 2.52. The van der Waals surface area contributed by atoms with Gasteiger partial charge in [-0.1, -0.05) is 48.0 Å². The van der Waals surface area contributed by atoms with E-state index in [9.17, 15) is 0 Å². The summed E-state index contributed by atoms with van der Waals surface area (Å²) in [4.78, 5) is 0. The second kappa shape index (κ2) is 6.89. The van der Waals surface area contributed by atoms with E-state index in [1.165, 1.54) is 12.0 Å². The molecule has 0 N–H and O–H groups in total. The molecule has 0 aliphatic heterocycles. The average Bonchev–Trinajstić information content (AvgIpc) is 2.25. The van der Waals surface area contributed by atoms with Gasteiger partial charge in [0.25, 0.3) is 0 Å². The van der Waals surface area contributed by atoms with Crippen LogP contribution in [0, 0.1) is 0 Å². The molecule has 0 aromatic heterocycles. The first-order chi connectivity index (χ1) is 7.25. The van der Waals surface area contributed by atoms with Crippen LogP contribution in [-0.4, -0.2) is 11.9 Å². The third kappa shape index (κ3) is 4.25. The maximum Gasteiger partial charge on any atom is 0.122 e. The van der Waals surface area contributed by atoms with Crippen LogP contribution in [0.5, 0.6) is 5.75 Å². The van der Waals surface area contributed by atoms with Gasteiger partial charge in [0.15, 0.2) is 0 Å². The van der Waals surface area contributed by atoms with Crippen molar-refractivity contribution in [1.29, 1.82) is 0 Å². The van der Waals surface area contributed by atoms with Gasteiger partial charge < -0.3 is 4.74 Å². The normalized spacial score (nSPS) is 10.7. The van der Waals surface area contributed by atoms with E-state index in [1.807, 2.05) is 6.07 Å². The lowest BCUT2D eigenvalue weighted by molar-refractivity contribution is 0.306. The number of alkyl halides is 1. The predicted octanol–water partition coefficient (Wildman–Crippen LogP) is 4.36. The van der Waals surface area contributed by atoms with Gasteiger partial charge >= 0.3 is 0 Å². The lowest BCUT2D eigenvalue weighted by atomic mass is 10.0. The molecule has 1 aromatic rings. The second-order valence-corrected chi connectivity index (χ2v) is 4.73. The van der Waals surface area contributed by atoms with Crippen molar-refractivity contribution in [1.82, 2.24) is 0 Å². The molecular formula is C13H19BrO. The molecule has 1 aromatic carbocycles. The molecule has 0 spiro atoms. The van der Waals surface area contributed by atoms with E-state index in [1.54, 1.807) is 0 Å². The Kier molecular flexibility index (Phi) is 5.77. The van der Waals surface area contributed by atoms with Crippen LogP contribution in [0.2, 0.25) is 0 Å². The lowest BCUT2D eigenvalue weighted by Crippen LogP contribution is -2.01. The van der Waals surface area contributed by atoms with Gasteiger partial charge in [-0.2, -0.15) is 0 Å². The van der Waals surface area contributed by atoms with Gasteiger partial charge in [-0.15, -0.1) is 0 Å². The molecule has 0 aliphatic carbocycles. The van der Waals surface area contributed by atoms with Crippen LogP contribution >= 0.6 is 15.9 Å². The zero-order valence-corrected chi connectivity index (χ0v) is 11.1. The number of unbranched alkanes of at least 4 members (excludes halogenated alkanes) is 1. The zero-order chi connectivity index (χ0) is 11.1. The van der Waals surface area contributed by atoms with E-state index >= 15 is 0 Å². The summed E-state index contributed by atoms with van der Waals surface area (Å²) in [5.74, 6) is 1.57. The Hall–Kier alpha value is -0.500. The molecule has 84 valence electrons. The standard InChI is InChI=1S/C13H19BrO/c1-11(2)12-7-3-4-8-13(12)15-10-6-5-9-14/h3-4,7-8,11H,5-6,9-10H2,1-2H3. The molecule has 0 saturated carbocycles. The minimum absolute atomic E-state index is 0.525. The van der Waals surface area contributed by atoms with Gasteiger partial charge in [0, 0.05) is 5.33 Å². The SMILES string of the molecule is CC(C)c1ccccc1OCCCCBr. The second-order valence-electron chi connectivity index (χ2n) is 3.94. The van der Waals surface area contributed by atoms with Crippen LogP contribution < -0.4 is 4.74 Å². The van der Waals surface area contributed by atoms with E-state index in [2.05, 4.69) is 48.0 Å². The summed E-state index contributed by atoms with van der Waals surface area (Å²) in [7, 11) is 0. The van der Waals surface area contributed by atoms with Gasteiger partial charge in [0.05, 0.1) is 6.61 Å². The summed E-state index contributed by atoms with van der Waals surface area (Å²) in [5, 5.41) is 1.06. The third-order valence-corrected chi connectivity index (χ3v) is 2.89. The van der Waals surface area contributed by atoms with Crippen LogP contribution in [0.15, 0.2) is 24.3 Å². The summed E-state index contributed by atoms with van der Waals surface area (Å²) in [6.07, 6.45) is 2.28. The highest BCUT2D eigenvalue weighted by molar-refractivity contribution is 9.09. The minimum Gasteiger partial charge on any atom is -0.493 e. The topological polar surface area (TPSA) is 9.23 Å². The highest BCUT2D eigenvalue weighted by atomic mass is 79.9. The molecule has 0 atom stereocenters. The van der Waals surface area contributed by atoms with Crippen molar-refractivity contribution in [3.63, 3.8) is 0 Å². The molecular weight excluding hydrogens is 252 g/mol. The van der Waals surface area contributed by atoms with Gasteiger partial charge in [0.2, 0.25) is 0 Å². The molecule has 0 unspecified atom stereocenters. The van der Waals surface area contributed by atoms with Crippen molar-refractivity contribution in [2.75, 3.05) is 11.9 Å². The molecule has 15 heavy (non-hydrogen) atoms. The van der Waals surface area contributed by atoms with E-state index in [4.69, 9.17) is 4.74 Å². The summed E-state index contributed by atoms with van der Waals surface area (Å²) < 4.78 is 5.78. The fourth-order valence-electron chi connectivity index (χ4n) is 1.47. The van der Waals surface area contributed by atoms with Crippen molar-refractivity contribution < 1.29 is 4.74 Å². The van der Waals surface area contributed by atoms with Crippen LogP contribution in [0.4, 0.5) is 0 Å². The smallest absolute Gasteiger partial charge is 0.122 e. The van der Waals surface area contributed by atoms with Crippen molar-refractivity contribution in [2.45, 2.75) is 32.6 Å². The molecule has 0 heterocycles. The molecule has 0 fully saturated rings. The Morgan fingerprint density at radius 2 is 1.93 bits per heavy atom.